The zero-order chi connectivity index (χ0) is 17.5. The molecule has 0 aliphatic heterocycles. The highest BCUT2D eigenvalue weighted by Crippen LogP contribution is 2.29. The molecule has 2 rings (SSSR count). The third-order valence-corrected chi connectivity index (χ3v) is 3.18. The molecule has 0 saturated carbocycles. The number of hydroxylamine groups is 1. The first kappa shape index (κ1) is 17.2. The standard InChI is InChI=1S/C16H17N3O5/c1-23-14-10-12(6-7-13(14)17-16(21)24-2)19(22)15(20)11-18-8-4-3-5-9-18/h3-10,22H,11H2,1-2H3/p+1. The molecule has 126 valence electrons. The summed E-state index contributed by atoms with van der Waals surface area (Å²) in [5.41, 5.74) is 0.565. The number of nitrogens with one attached hydrogen (secondary N) is 1. The fraction of sp³-hybridized carbons (Fsp3) is 0.188. The second-order valence-corrected chi connectivity index (χ2v) is 4.75. The number of carbonyl (C=O) groups is 2. The van der Waals surface area contributed by atoms with Crippen molar-refractivity contribution in [3.05, 3.63) is 48.8 Å². The largest absolute Gasteiger partial charge is 0.494 e. The number of carbonyl (C=O) groups excluding carboxylic acids is 2. The first-order valence-corrected chi connectivity index (χ1v) is 7.04. The van der Waals surface area contributed by atoms with Crippen LogP contribution in [0.5, 0.6) is 5.75 Å². The summed E-state index contributed by atoms with van der Waals surface area (Å²) < 4.78 is 11.3. The Morgan fingerprint density at radius 2 is 1.92 bits per heavy atom. The Balaban J connectivity index is 2.15. The third-order valence-electron chi connectivity index (χ3n) is 3.18. The van der Waals surface area contributed by atoms with Crippen LogP contribution in [0.2, 0.25) is 0 Å². The lowest BCUT2D eigenvalue weighted by atomic mass is 10.2. The first-order chi connectivity index (χ1) is 11.5. The van der Waals surface area contributed by atoms with Crippen molar-refractivity contribution in [1.29, 1.82) is 0 Å². The molecule has 0 fully saturated rings. The molecule has 1 aromatic heterocycles. The number of aromatic nitrogens is 1. The van der Waals surface area contributed by atoms with Gasteiger partial charge in [0.2, 0.25) is 6.54 Å². The molecule has 0 unspecified atom stereocenters. The van der Waals surface area contributed by atoms with Gasteiger partial charge in [-0.05, 0) is 12.1 Å². The van der Waals surface area contributed by atoms with E-state index in [1.807, 2.05) is 6.07 Å². The van der Waals surface area contributed by atoms with Gasteiger partial charge < -0.3 is 9.47 Å². The van der Waals surface area contributed by atoms with Crippen LogP contribution in [0.4, 0.5) is 16.2 Å². The van der Waals surface area contributed by atoms with E-state index in [9.17, 15) is 14.8 Å². The Bertz CT molecular complexity index is 721. The van der Waals surface area contributed by atoms with Gasteiger partial charge in [-0.25, -0.2) is 4.79 Å². The van der Waals surface area contributed by atoms with Crippen molar-refractivity contribution in [3.63, 3.8) is 0 Å². The molecule has 8 heteroatoms. The molecule has 0 bridgehead atoms. The van der Waals surface area contributed by atoms with Crippen molar-refractivity contribution in [1.82, 2.24) is 0 Å². The van der Waals surface area contributed by atoms with E-state index in [0.717, 1.165) is 0 Å². The Labute approximate surface area is 138 Å². The quantitative estimate of drug-likeness (QED) is 0.493. The molecule has 24 heavy (non-hydrogen) atoms. The number of methoxy groups -OCH3 is 2. The second kappa shape index (κ2) is 7.93. The number of amides is 2. The zero-order valence-electron chi connectivity index (χ0n) is 13.3. The van der Waals surface area contributed by atoms with Crippen LogP contribution in [0.1, 0.15) is 0 Å². The summed E-state index contributed by atoms with van der Waals surface area (Å²) in [7, 11) is 2.65. The molecular weight excluding hydrogens is 314 g/mol. The maximum absolute atomic E-state index is 12.1. The number of ether oxygens (including phenoxy) is 2. The smallest absolute Gasteiger partial charge is 0.411 e. The highest BCUT2D eigenvalue weighted by molar-refractivity contribution is 5.92. The molecule has 0 spiro atoms. The van der Waals surface area contributed by atoms with Crippen LogP contribution >= 0.6 is 0 Å². The lowest BCUT2D eigenvalue weighted by Gasteiger charge is -2.16. The van der Waals surface area contributed by atoms with Crippen LogP contribution in [0.3, 0.4) is 0 Å². The van der Waals surface area contributed by atoms with Crippen LogP contribution < -0.4 is 19.7 Å². The minimum atomic E-state index is -0.654. The number of pyridine rings is 1. The minimum absolute atomic E-state index is 0.0260. The first-order valence-electron chi connectivity index (χ1n) is 7.04. The minimum Gasteiger partial charge on any atom is -0.494 e. The molecule has 0 atom stereocenters. The van der Waals surface area contributed by atoms with Crippen molar-refractivity contribution in [3.8, 4) is 5.75 Å². The summed E-state index contributed by atoms with van der Waals surface area (Å²) in [6.07, 6.45) is 2.78. The maximum Gasteiger partial charge on any atom is 0.411 e. The van der Waals surface area contributed by atoms with E-state index < -0.39 is 12.0 Å². The van der Waals surface area contributed by atoms with E-state index in [2.05, 4.69) is 10.1 Å². The van der Waals surface area contributed by atoms with Crippen molar-refractivity contribution >= 4 is 23.4 Å². The highest BCUT2D eigenvalue weighted by Gasteiger charge is 2.19. The van der Waals surface area contributed by atoms with Gasteiger partial charge in [-0.2, -0.15) is 9.63 Å². The van der Waals surface area contributed by atoms with Crippen LogP contribution in [-0.4, -0.2) is 31.4 Å². The Morgan fingerprint density at radius 3 is 2.54 bits per heavy atom. The monoisotopic (exact) mass is 332 g/mol. The lowest BCUT2D eigenvalue weighted by molar-refractivity contribution is -0.684. The predicted octanol–water partition coefficient (Wildman–Crippen LogP) is 1.58. The molecule has 8 nitrogen and oxygen atoms in total. The van der Waals surface area contributed by atoms with Crippen LogP contribution in [0.15, 0.2) is 48.8 Å². The van der Waals surface area contributed by atoms with E-state index in [1.54, 1.807) is 29.1 Å². The van der Waals surface area contributed by atoms with E-state index in [0.29, 0.717) is 10.8 Å². The fourth-order valence-corrected chi connectivity index (χ4v) is 1.98. The van der Waals surface area contributed by atoms with Gasteiger partial charge in [0.15, 0.2) is 12.4 Å². The molecule has 0 saturated heterocycles. The van der Waals surface area contributed by atoms with Gasteiger partial charge in [-0.1, -0.05) is 6.07 Å². The van der Waals surface area contributed by atoms with Crippen molar-refractivity contribution in [2.24, 2.45) is 0 Å². The van der Waals surface area contributed by atoms with Gasteiger partial charge in [0.25, 0.3) is 0 Å². The molecule has 0 radical (unpaired) electrons. The summed E-state index contributed by atoms with van der Waals surface area (Å²) in [4.78, 5) is 23.4. The Morgan fingerprint density at radius 1 is 1.21 bits per heavy atom. The predicted molar refractivity (Wildman–Crippen MR) is 84.9 cm³/mol. The van der Waals surface area contributed by atoms with E-state index in [1.165, 1.54) is 32.4 Å². The van der Waals surface area contributed by atoms with Gasteiger partial charge >= 0.3 is 12.0 Å². The molecule has 1 aromatic carbocycles. The van der Waals surface area contributed by atoms with Crippen LogP contribution in [0.25, 0.3) is 0 Å². The highest BCUT2D eigenvalue weighted by atomic mass is 16.5. The molecule has 2 N–H and O–H groups in total. The van der Waals surface area contributed by atoms with Crippen molar-refractivity contribution in [2.75, 3.05) is 24.6 Å². The summed E-state index contributed by atoms with van der Waals surface area (Å²) in [6, 6.07) is 9.80. The number of anilines is 2. The average Bonchev–Trinajstić information content (AvgIpc) is 2.62. The molecule has 0 aliphatic rings. The van der Waals surface area contributed by atoms with Gasteiger partial charge in [-0.3, -0.25) is 15.3 Å². The summed E-state index contributed by atoms with van der Waals surface area (Å²) >= 11 is 0. The lowest BCUT2D eigenvalue weighted by Crippen LogP contribution is -2.43. The molecule has 2 amide bonds. The van der Waals surface area contributed by atoms with Gasteiger partial charge in [0.05, 0.1) is 25.6 Å². The topological polar surface area (TPSA) is 92.0 Å². The second-order valence-electron chi connectivity index (χ2n) is 4.75. The number of rotatable bonds is 5. The van der Waals surface area contributed by atoms with E-state index in [4.69, 9.17) is 4.74 Å². The van der Waals surface area contributed by atoms with Crippen molar-refractivity contribution in [2.45, 2.75) is 6.54 Å². The van der Waals surface area contributed by atoms with Gasteiger partial charge in [-0.15, -0.1) is 0 Å². The van der Waals surface area contributed by atoms with Gasteiger partial charge in [0, 0.05) is 18.2 Å². The average molecular weight is 332 g/mol. The number of hydrogen-bond donors (Lipinski definition) is 2. The van der Waals surface area contributed by atoms with E-state index in [-0.39, 0.29) is 18.0 Å². The summed E-state index contributed by atoms with van der Waals surface area (Å²) in [5, 5.41) is 13.1. The maximum atomic E-state index is 12.1. The molecule has 0 aliphatic carbocycles. The fourth-order valence-electron chi connectivity index (χ4n) is 1.98. The SMILES string of the molecule is COC(=O)Nc1ccc(N(O)C(=O)C[n+]2ccccc2)cc1OC. The van der Waals surface area contributed by atoms with E-state index >= 15 is 0 Å². The molecule has 2 aromatic rings. The van der Waals surface area contributed by atoms with Crippen molar-refractivity contribution < 1.29 is 28.8 Å². The zero-order valence-corrected chi connectivity index (χ0v) is 13.3. The number of nitrogens with zero attached hydrogens (tertiary/aromatic N) is 2. The normalized spacial score (nSPS) is 9.96. The van der Waals surface area contributed by atoms with Gasteiger partial charge in [0.1, 0.15) is 5.75 Å². The molecular formula is C16H18N3O5+. The number of hydrogen-bond acceptors (Lipinski definition) is 5. The summed E-state index contributed by atoms with van der Waals surface area (Å²) in [5.74, 6) is -0.251. The molecule has 1 heterocycles. The Hall–Kier alpha value is -3.13. The van der Waals surface area contributed by atoms with Crippen LogP contribution in [0, 0.1) is 0 Å². The van der Waals surface area contributed by atoms with Crippen LogP contribution in [-0.2, 0) is 16.1 Å². The Kier molecular flexibility index (Phi) is 5.69. The summed E-state index contributed by atoms with van der Waals surface area (Å²) in [6.45, 7) is -0.0260. The number of benzene rings is 1. The third kappa shape index (κ3) is 4.20.